The molecule has 1 fully saturated rings. The molecule has 1 aromatic rings. The topological polar surface area (TPSA) is 52.0 Å². The lowest BCUT2D eigenvalue weighted by molar-refractivity contribution is -0.127. The zero-order valence-corrected chi connectivity index (χ0v) is 15.1. The van der Waals surface area contributed by atoms with Gasteiger partial charge in [0.2, 0.25) is 0 Å². The number of Topliss-reactive ketones (excluding diaryl/α,β-unsaturated/α-hetero) is 2. The Morgan fingerprint density at radius 2 is 2.09 bits per heavy atom. The van der Waals surface area contributed by atoms with Gasteiger partial charge in [0.25, 0.3) is 0 Å². The molecule has 128 valence electrons. The van der Waals surface area contributed by atoms with Gasteiger partial charge in [0.05, 0.1) is 6.54 Å². The molecule has 1 aliphatic rings. The molecule has 0 aromatic carbocycles. The van der Waals surface area contributed by atoms with E-state index in [0.29, 0.717) is 17.5 Å². The normalized spacial score (nSPS) is 28.7. The summed E-state index contributed by atoms with van der Waals surface area (Å²) in [6, 6.07) is 1.69. The average molecular weight is 318 g/mol. The van der Waals surface area contributed by atoms with E-state index >= 15 is 0 Å². The highest BCUT2D eigenvalue weighted by molar-refractivity contribution is 5.92. The number of nitrogens with zero attached hydrogens (tertiary/aromatic N) is 2. The van der Waals surface area contributed by atoms with Gasteiger partial charge in [-0.3, -0.25) is 14.3 Å². The fourth-order valence-corrected chi connectivity index (χ4v) is 4.43. The maximum Gasteiger partial charge on any atom is 0.179 e. The Hall–Kier alpha value is -1.45. The maximum atomic E-state index is 12.9. The molecule has 0 aliphatic heterocycles. The van der Waals surface area contributed by atoms with E-state index in [4.69, 9.17) is 0 Å². The molecule has 0 N–H and O–H groups in total. The van der Waals surface area contributed by atoms with E-state index in [1.807, 2.05) is 0 Å². The van der Waals surface area contributed by atoms with Crippen LogP contribution in [0.15, 0.2) is 12.3 Å². The summed E-state index contributed by atoms with van der Waals surface area (Å²) in [6.45, 7) is 10.8. The predicted octanol–water partition coefficient (Wildman–Crippen LogP) is 4.14. The molecular weight excluding hydrogens is 288 g/mol. The number of hydrogen-bond donors (Lipinski definition) is 0. The van der Waals surface area contributed by atoms with Crippen LogP contribution < -0.4 is 0 Å². The van der Waals surface area contributed by atoms with Crippen molar-refractivity contribution in [3.63, 3.8) is 0 Å². The molecule has 4 atom stereocenters. The Labute approximate surface area is 139 Å². The summed E-state index contributed by atoms with van der Waals surface area (Å²) in [7, 11) is 0. The van der Waals surface area contributed by atoms with Crippen molar-refractivity contribution in [1.82, 2.24) is 9.78 Å². The van der Waals surface area contributed by atoms with Crippen molar-refractivity contribution in [1.29, 1.82) is 0 Å². The Bertz CT molecular complexity index is 578. The third-order valence-electron chi connectivity index (χ3n) is 6.21. The predicted molar refractivity (Wildman–Crippen MR) is 91.3 cm³/mol. The lowest BCUT2D eigenvalue weighted by Gasteiger charge is -2.38. The van der Waals surface area contributed by atoms with Crippen LogP contribution in [0.3, 0.4) is 0 Å². The van der Waals surface area contributed by atoms with Gasteiger partial charge in [-0.05, 0) is 42.6 Å². The summed E-state index contributed by atoms with van der Waals surface area (Å²) in [5, 5.41) is 4.21. The zero-order chi connectivity index (χ0) is 17.2. The molecule has 1 aromatic heterocycles. The van der Waals surface area contributed by atoms with Gasteiger partial charge in [-0.15, -0.1) is 0 Å². The summed E-state index contributed by atoms with van der Waals surface area (Å²) >= 11 is 0. The number of carbonyl (C=O) groups is 2. The summed E-state index contributed by atoms with van der Waals surface area (Å²) in [5.74, 6) is 1.59. The first kappa shape index (κ1) is 17.9. The molecule has 1 aliphatic carbocycles. The highest BCUT2D eigenvalue weighted by atomic mass is 16.1. The van der Waals surface area contributed by atoms with E-state index < -0.39 is 0 Å². The largest absolute Gasteiger partial charge is 0.297 e. The van der Waals surface area contributed by atoms with Crippen LogP contribution in [0.5, 0.6) is 0 Å². The molecular formula is C19H30N2O2. The van der Waals surface area contributed by atoms with Crippen molar-refractivity contribution in [3.8, 4) is 0 Å². The van der Waals surface area contributed by atoms with Gasteiger partial charge in [0.1, 0.15) is 5.69 Å². The number of hydrogen-bond acceptors (Lipinski definition) is 3. The van der Waals surface area contributed by atoms with E-state index in [1.165, 1.54) is 13.3 Å². The quantitative estimate of drug-likeness (QED) is 0.710. The monoisotopic (exact) mass is 318 g/mol. The SMILES string of the molecule is CCC(C)C1CCC(C(=O)Cn2ccc(C(C)=O)n2)C1(C)CC. The van der Waals surface area contributed by atoms with Crippen LogP contribution in [0.4, 0.5) is 0 Å². The first-order valence-electron chi connectivity index (χ1n) is 8.90. The highest BCUT2D eigenvalue weighted by Gasteiger charge is 2.49. The third kappa shape index (κ3) is 3.41. The van der Waals surface area contributed by atoms with Gasteiger partial charge in [-0.2, -0.15) is 5.10 Å². The fourth-order valence-electron chi connectivity index (χ4n) is 4.43. The summed E-state index contributed by atoms with van der Waals surface area (Å²) < 4.78 is 1.62. The van der Waals surface area contributed by atoms with E-state index in [1.54, 1.807) is 16.9 Å². The van der Waals surface area contributed by atoms with Crippen LogP contribution in [0.1, 0.15) is 70.8 Å². The van der Waals surface area contributed by atoms with E-state index in [2.05, 4.69) is 32.8 Å². The Morgan fingerprint density at radius 3 is 2.61 bits per heavy atom. The molecule has 0 radical (unpaired) electrons. The number of rotatable bonds is 7. The summed E-state index contributed by atoms with van der Waals surface area (Å²) in [4.78, 5) is 24.2. The summed E-state index contributed by atoms with van der Waals surface area (Å²) in [5.41, 5.74) is 0.517. The Kier molecular flexibility index (Phi) is 5.43. The zero-order valence-electron chi connectivity index (χ0n) is 15.1. The number of carbonyl (C=O) groups excluding carboxylic acids is 2. The standard InChI is InChI=1S/C19H30N2O2/c1-6-13(3)15-8-9-16(19(15,5)7-2)18(23)12-21-11-10-17(20-21)14(4)22/h10-11,13,15-16H,6-9,12H2,1-5H3. The molecule has 1 heterocycles. The lowest BCUT2D eigenvalue weighted by atomic mass is 9.66. The van der Waals surface area contributed by atoms with Crippen molar-refractivity contribution in [2.24, 2.45) is 23.2 Å². The molecule has 0 bridgehead atoms. The lowest BCUT2D eigenvalue weighted by Crippen LogP contribution is -2.37. The van der Waals surface area contributed by atoms with Gasteiger partial charge in [-0.1, -0.05) is 34.1 Å². The minimum atomic E-state index is -0.0627. The van der Waals surface area contributed by atoms with Crippen molar-refractivity contribution in [3.05, 3.63) is 18.0 Å². The second kappa shape index (κ2) is 6.98. The molecule has 0 saturated heterocycles. The minimum Gasteiger partial charge on any atom is -0.297 e. The molecule has 4 heteroatoms. The van der Waals surface area contributed by atoms with Crippen LogP contribution >= 0.6 is 0 Å². The third-order valence-corrected chi connectivity index (χ3v) is 6.21. The first-order valence-corrected chi connectivity index (χ1v) is 8.90. The van der Waals surface area contributed by atoms with Crippen molar-refractivity contribution < 1.29 is 9.59 Å². The fraction of sp³-hybridized carbons (Fsp3) is 0.737. The van der Waals surface area contributed by atoms with E-state index in [9.17, 15) is 9.59 Å². The van der Waals surface area contributed by atoms with Gasteiger partial charge in [0.15, 0.2) is 11.6 Å². The van der Waals surface area contributed by atoms with Gasteiger partial charge in [-0.25, -0.2) is 0 Å². The average Bonchev–Trinajstić information content (AvgIpc) is 3.11. The smallest absolute Gasteiger partial charge is 0.179 e. The number of aromatic nitrogens is 2. The van der Waals surface area contributed by atoms with Crippen LogP contribution in [0.25, 0.3) is 0 Å². The molecule has 0 amide bonds. The van der Waals surface area contributed by atoms with Crippen molar-refractivity contribution in [2.45, 2.75) is 66.8 Å². The van der Waals surface area contributed by atoms with Gasteiger partial charge < -0.3 is 0 Å². The number of ketones is 2. The van der Waals surface area contributed by atoms with Gasteiger partial charge >= 0.3 is 0 Å². The van der Waals surface area contributed by atoms with Crippen LogP contribution in [0.2, 0.25) is 0 Å². The molecule has 0 spiro atoms. The first-order chi connectivity index (χ1) is 10.8. The van der Waals surface area contributed by atoms with Crippen LogP contribution in [-0.2, 0) is 11.3 Å². The molecule has 1 saturated carbocycles. The molecule has 4 unspecified atom stereocenters. The van der Waals surface area contributed by atoms with Crippen LogP contribution in [-0.4, -0.2) is 21.3 Å². The second-order valence-electron chi connectivity index (χ2n) is 7.40. The highest BCUT2D eigenvalue weighted by Crippen LogP contribution is 2.53. The van der Waals surface area contributed by atoms with Gasteiger partial charge in [0, 0.05) is 19.0 Å². The molecule has 2 rings (SSSR count). The second-order valence-corrected chi connectivity index (χ2v) is 7.40. The minimum absolute atomic E-state index is 0.0627. The summed E-state index contributed by atoms with van der Waals surface area (Å²) in [6.07, 6.45) is 6.07. The van der Waals surface area contributed by atoms with Crippen LogP contribution in [0, 0.1) is 23.2 Å². The van der Waals surface area contributed by atoms with Crippen molar-refractivity contribution in [2.75, 3.05) is 0 Å². The van der Waals surface area contributed by atoms with E-state index in [-0.39, 0.29) is 29.4 Å². The molecule has 23 heavy (non-hydrogen) atoms. The Morgan fingerprint density at radius 1 is 1.39 bits per heavy atom. The molecule has 4 nitrogen and oxygen atoms in total. The van der Waals surface area contributed by atoms with Crippen molar-refractivity contribution >= 4 is 11.6 Å². The Balaban J connectivity index is 2.13. The maximum absolute atomic E-state index is 12.9. The van der Waals surface area contributed by atoms with E-state index in [0.717, 1.165) is 19.3 Å².